The van der Waals surface area contributed by atoms with E-state index in [4.69, 9.17) is 9.56 Å². The molecule has 0 bridgehead atoms. The first-order valence-electron chi connectivity index (χ1n) is 13.8. The summed E-state index contributed by atoms with van der Waals surface area (Å²) in [6.45, 7) is 2.67. The highest BCUT2D eigenvalue weighted by Crippen LogP contribution is 2.40. The molecule has 1 saturated heterocycles. The molecule has 6 rings (SSSR count). The molecule has 2 aliphatic rings. The van der Waals surface area contributed by atoms with E-state index in [0.29, 0.717) is 24.2 Å². The van der Waals surface area contributed by atoms with E-state index in [1.54, 1.807) is 0 Å². The fourth-order valence-electron chi connectivity index (χ4n) is 4.99. The van der Waals surface area contributed by atoms with Crippen molar-refractivity contribution in [1.29, 1.82) is 0 Å². The number of amides is 1. The number of piperazine rings is 1. The smallest absolute Gasteiger partial charge is 0.274 e. The summed E-state index contributed by atoms with van der Waals surface area (Å²) in [6, 6.07) is 13.1. The largest absolute Gasteiger partial charge is 0.422 e. The molecule has 3 heterocycles. The molecular formula is C27H31N7O6S3. The molecule has 1 aliphatic heterocycles. The number of sulfone groups is 1. The molecule has 1 saturated carbocycles. The number of carbonyl (C=O) groups excluding carboxylic acids is 1. The van der Waals surface area contributed by atoms with Crippen LogP contribution in [0.2, 0.25) is 0 Å². The number of nitrogens with one attached hydrogen (secondary N) is 1. The zero-order valence-corrected chi connectivity index (χ0v) is 25.8. The van der Waals surface area contributed by atoms with Crippen LogP contribution in [0.5, 0.6) is 0 Å². The van der Waals surface area contributed by atoms with Crippen LogP contribution in [-0.4, -0.2) is 86.7 Å². The number of nitrogens with zero attached hydrogens (tertiary/aromatic N) is 5. The summed E-state index contributed by atoms with van der Waals surface area (Å²) in [5.41, 5.74) is 2.94. The Kier molecular flexibility index (Phi) is 8.08. The minimum Gasteiger partial charge on any atom is -0.422 e. The van der Waals surface area contributed by atoms with Gasteiger partial charge in [0.15, 0.2) is 15.1 Å². The van der Waals surface area contributed by atoms with Crippen LogP contribution in [0.15, 0.2) is 46.9 Å². The van der Waals surface area contributed by atoms with Gasteiger partial charge < -0.3 is 14.2 Å². The van der Waals surface area contributed by atoms with Gasteiger partial charge in [-0.25, -0.2) is 18.5 Å². The molecule has 0 radical (unpaired) electrons. The van der Waals surface area contributed by atoms with E-state index in [0.717, 1.165) is 41.8 Å². The maximum atomic E-state index is 13.6. The van der Waals surface area contributed by atoms with Gasteiger partial charge in [0, 0.05) is 31.7 Å². The highest BCUT2D eigenvalue weighted by atomic mass is 32.2. The number of fused-ring (bicyclic) bond motifs is 1. The molecular weight excluding hydrogens is 615 g/mol. The van der Waals surface area contributed by atoms with Crippen molar-refractivity contribution in [2.24, 2.45) is 11.1 Å². The SMILES string of the molecule is CN1CCN(C(=O)c2cccc(-c3ccc4nc(C(c5nnc(CNS(N)(=O)=O)o5)S(=O)(=O)CC5CC5)sc4c3)c2)CC1. The molecule has 13 nitrogen and oxygen atoms in total. The Labute approximate surface area is 253 Å². The fourth-order valence-corrected chi connectivity index (χ4v) is 8.82. The zero-order chi connectivity index (χ0) is 30.4. The molecule has 1 aliphatic carbocycles. The Morgan fingerprint density at radius 2 is 1.81 bits per heavy atom. The highest BCUT2D eigenvalue weighted by molar-refractivity contribution is 7.92. The lowest BCUT2D eigenvalue weighted by Gasteiger charge is -2.32. The average Bonchev–Trinajstić information content (AvgIpc) is 3.47. The van der Waals surface area contributed by atoms with Gasteiger partial charge in [0.25, 0.3) is 16.1 Å². The molecule has 0 spiro atoms. The van der Waals surface area contributed by atoms with Crippen molar-refractivity contribution in [3.05, 3.63) is 64.8 Å². The van der Waals surface area contributed by atoms with Crippen molar-refractivity contribution in [2.45, 2.75) is 24.6 Å². The van der Waals surface area contributed by atoms with Gasteiger partial charge in [-0.15, -0.1) is 21.5 Å². The second kappa shape index (κ2) is 11.7. The normalized spacial score (nSPS) is 17.4. The summed E-state index contributed by atoms with van der Waals surface area (Å²) in [5, 5.41) is 11.7. The van der Waals surface area contributed by atoms with Gasteiger partial charge >= 0.3 is 0 Å². The molecule has 1 atom stereocenters. The van der Waals surface area contributed by atoms with Crippen LogP contribution in [0, 0.1) is 5.92 Å². The minimum absolute atomic E-state index is 0.00185. The van der Waals surface area contributed by atoms with Gasteiger partial charge in [-0.05, 0) is 61.2 Å². The van der Waals surface area contributed by atoms with Crippen LogP contribution in [0.25, 0.3) is 21.3 Å². The van der Waals surface area contributed by atoms with E-state index in [-0.39, 0.29) is 40.9 Å². The number of likely N-dealkylation sites (N-methyl/N-ethyl adjacent to an activating group) is 1. The first-order chi connectivity index (χ1) is 20.4. The summed E-state index contributed by atoms with van der Waals surface area (Å²) in [4.78, 5) is 21.9. The van der Waals surface area contributed by atoms with E-state index in [9.17, 15) is 21.6 Å². The van der Waals surface area contributed by atoms with Crippen LogP contribution >= 0.6 is 11.3 Å². The number of hydrogen-bond donors (Lipinski definition) is 2. The van der Waals surface area contributed by atoms with Crippen LogP contribution in [-0.2, 0) is 26.6 Å². The summed E-state index contributed by atoms with van der Waals surface area (Å²) in [6.07, 6.45) is 1.66. The van der Waals surface area contributed by atoms with Crippen molar-refractivity contribution < 1.29 is 26.0 Å². The van der Waals surface area contributed by atoms with Gasteiger partial charge in [-0.2, -0.15) is 13.1 Å². The van der Waals surface area contributed by atoms with Crippen LogP contribution < -0.4 is 9.86 Å². The Morgan fingerprint density at radius 1 is 1.07 bits per heavy atom. The summed E-state index contributed by atoms with van der Waals surface area (Å²) in [7, 11) is -5.76. The number of carbonyl (C=O) groups is 1. The standard InChI is InChI=1S/C27H31N7O6S3/c1-33-9-11-34(12-10-33)27(35)20-4-2-3-18(13-20)19-7-8-21-22(14-19)41-26(30-21)24(42(36,37)16-17-5-6-17)25-32-31-23(40-25)15-29-43(28,38)39/h2-4,7-8,13-14,17,24,29H,5-6,9-12,15-16H2,1H3,(H2,28,38,39). The van der Waals surface area contributed by atoms with E-state index in [1.807, 2.05) is 54.4 Å². The summed E-state index contributed by atoms with van der Waals surface area (Å²) < 4.78 is 58.1. The number of aromatic nitrogens is 3. The Bertz CT molecular complexity index is 1880. The molecule has 228 valence electrons. The topological polar surface area (TPSA) is 182 Å². The minimum atomic E-state index is -4.01. The molecule has 2 aromatic carbocycles. The molecule has 4 aromatic rings. The second-order valence-electron chi connectivity index (χ2n) is 11.0. The first-order valence-corrected chi connectivity index (χ1v) is 17.8. The van der Waals surface area contributed by atoms with E-state index in [2.05, 4.69) is 24.8 Å². The van der Waals surface area contributed by atoms with Crippen LogP contribution in [0.3, 0.4) is 0 Å². The number of thiazole rings is 1. The molecule has 1 unspecified atom stereocenters. The number of nitrogens with two attached hydrogens (primary N) is 1. The van der Waals surface area contributed by atoms with Gasteiger partial charge in [0.05, 0.1) is 22.5 Å². The maximum Gasteiger partial charge on any atom is 0.274 e. The van der Waals surface area contributed by atoms with Gasteiger partial charge in [0.1, 0.15) is 5.01 Å². The van der Waals surface area contributed by atoms with E-state index < -0.39 is 25.3 Å². The lowest BCUT2D eigenvalue weighted by Crippen LogP contribution is -2.47. The Hall–Kier alpha value is -3.28. The highest BCUT2D eigenvalue weighted by Gasteiger charge is 2.40. The average molecular weight is 646 g/mol. The summed E-state index contributed by atoms with van der Waals surface area (Å²) in [5.74, 6) is -0.273. The van der Waals surface area contributed by atoms with Crippen molar-refractivity contribution in [1.82, 2.24) is 29.7 Å². The van der Waals surface area contributed by atoms with E-state index in [1.165, 1.54) is 11.3 Å². The number of hydrogen-bond acceptors (Lipinski definition) is 11. The van der Waals surface area contributed by atoms with Crippen molar-refractivity contribution in [2.75, 3.05) is 39.0 Å². The van der Waals surface area contributed by atoms with Crippen molar-refractivity contribution in [3.63, 3.8) is 0 Å². The quantitative estimate of drug-likeness (QED) is 0.259. The molecule has 2 aromatic heterocycles. The van der Waals surface area contributed by atoms with Gasteiger partial charge in [0.2, 0.25) is 11.8 Å². The third-order valence-electron chi connectivity index (χ3n) is 7.52. The van der Waals surface area contributed by atoms with E-state index >= 15 is 0 Å². The Morgan fingerprint density at radius 3 is 2.53 bits per heavy atom. The first kappa shape index (κ1) is 29.8. The fraction of sp³-hybridized carbons (Fsp3) is 0.407. The number of rotatable bonds is 10. The monoisotopic (exact) mass is 645 g/mol. The third kappa shape index (κ3) is 6.94. The van der Waals surface area contributed by atoms with Crippen molar-refractivity contribution >= 4 is 47.5 Å². The predicted octanol–water partition coefficient (Wildman–Crippen LogP) is 1.94. The summed E-state index contributed by atoms with van der Waals surface area (Å²) >= 11 is 1.21. The molecule has 16 heteroatoms. The third-order valence-corrected chi connectivity index (χ3v) is 11.4. The molecule has 3 N–H and O–H groups in total. The lowest BCUT2D eigenvalue weighted by molar-refractivity contribution is 0.0664. The lowest BCUT2D eigenvalue weighted by atomic mass is 10.0. The zero-order valence-electron chi connectivity index (χ0n) is 23.3. The molecule has 1 amide bonds. The van der Waals surface area contributed by atoms with Crippen LogP contribution in [0.1, 0.15) is 45.2 Å². The van der Waals surface area contributed by atoms with Crippen LogP contribution in [0.4, 0.5) is 0 Å². The maximum absolute atomic E-state index is 13.6. The van der Waals surface area contributed by atoms with Gasteiger partial charge in [-0.1, -0.05) is 18.2 Å². The number of benzene rings is 2. The predicted molar refractivity (Wildman–Crippen MR) is 161 cm³/mol. The van der Waals surface area contributed by atoms with Gasteiger partial charge in [-0.3, -0.25) is 4.79 Å². The Balaban J connectivity index is 1.30. The molecule has 2 fully saturated rings. The van der Waals surface area contributed by atoms with Crippen molar-refractivity contribution in [3.8, 4) is 11.1 Å². The second-order valence-corrected chi connectivity index (χ2v) is 15.5. The molecule has 43 heavy (non-hydrogen) atoms.